The van der Waals surface area contributed by atoms with Crippen LogP contribution in [0.5, 0.6) is 5.75 Å². The second-order valence-electron chi connectivity index (χ2n) is 5.96. The third kappa shape index (κ3) is 5.51. The van der Waals surface area contributed by atoms with Crippen LogP contribution in [-0.2, 0) is 4.79 Å². The molecule has 1 heterocycles. The van der Waals surface area contributed by atoms with E-state index in [-0.39, 0.29) is 17.1 Å². The number of ether oxygens (including phenoxy) is 1. The summed E-state index contributed by atoms with van der Waals surface area (Å²) in [5, 5.41) is 11.6. The Morgan fingerprint density at radius 1 is 0.967 bits per heavy atom. The van der Waals surface area contributed by atoms with Crippen molar-refractivity contribution in [1.29, 1.82) is 0 Å². The molecule has 1 aromatic heterocycles. The summed E-state index contributed by atoms with van der Waals surface area (Å²) in [6.45, 7) is 0. The summed E-state index contributed by atoms with van der Waals surface area (Å²) in [6.07, 6.45) is -3.66. The van der Waals surface area contributed by atoms with Gasteiger partial charge in [0.05, 0.1) is 0 Å². The predicted molar refractivity (Wildman–Crippen MR) is 100 cm³/mol. The molecule has 30 heavy (non-hydrogen) atoms. The zero-order valence-electron chi connectivity index (χ0n) is 15.1. The van der Waals surface area contributed by atoms with Gasteiger partial charge >= 0.3 is 12.3 Å². The molecule has 6 nitrogen and oxygen atoms in total. The number of carbonyl (C=O) groups is 2. The van der Waals surface area contributed by atoms with Crippen LogP contribution in [0.2, 0.25) is 0 Å². The van der Waals surface area contributed by atoms with E-state index in [2.05, 4.69) is 10.1 Å². The quantitative estimate of drug-likeness (QED) is 0.568. The Bertz CT molecular complexity index is 1070. The number of rotatable bonds is 6. The van der Waals surface area contributed by atoms with E-state index in [9.17, 15) is 27.9 Å². The van der Waals surface area contributed by atoms with E-state index in [1.54, 1.807) is 18.2 Å². The van der Waals surface area contributed by atoms with Crippen molar-refractivity contribution in [1.82, 2.24) is 5.32 Å². The molecule has 3 aromatic rings. The van der Waals surface area contributed by atoms with Crippen LogP contribution in [-0.4, -0.2) is 23.3 Å². The van der Waals surface area contributed by atoms with Crippen molar-refractivity contribution in [2.45, 2.75) is 6.36 Å². The highest BCUT2D eigenvalue weighted by atomic mass is 19.4. The topological polar surface area (TPSA) is 88.8 Å². The molecule has 0 aliphatic carbocycles. The highest BCUT2D eigenvalue weighted by molar-refractivity contribution is 6.02. The van der Waals surface area contributed by atoms with Gasteiger partial charge in [0.1, 0.15) is 23.0 Å². The van der Waals surface area contributed by atoms with Crippen molar-refractivity contribution < 1.29 is 37.0 Å². The van der Waals surface area contributed by atoms with Crippen LogP contribution < -0.4 is 10.1 Å². The number of carboxylic acids is 1. The molecule has 1 amide bonds. The van der Waals surface area contributed by atoms with E-state index in [1.807, 2.05) is 0 Å². The number of carboxylic acid groups (broad SMARTS) is 1. The molecular weight excluding hydrogens is 403 g/mol. The molecule has 0 bridgehead atoms. The first-order valence-corrected chi connectivity index (χ1v) is 8.49. The minimum Gasteiger partial charge on any atom is -0.477 e. The maximum absolute atomic E-state index is 12.2. The molecule has 2 aromatic carbocycles. The van der Waals surface area contributed by atoms with Gasteiger partial charge in [-0.2, -0.15) is 0 Å². The molecule has 0 saturated carbocycles. The summed E-state index contributed by atoms with van der Waals surface area (Å²) in [5.74, 6) is -1.93. The van der Waals surface area contributed by atoms with Gasteiger partial charge in [0.2, 0.25) is 0 Å². The molecule has 0 unspecified atom stereocenters. The minimum atomic E-state index is -4.79. The van der Waals surface area contributed by atoms with Crippen molar-refractivity contribution >= 4 is 18.0 Å². The molecule has 9 heteroatoms. The van der Waals surface area contributed by atoms with Crippen LogP contribution in [0, 0.1) is 0 Å². The molecule has 0 atom stereocenters. The molecule has 0 saturated heterocycles. The highest BCUT2D eigenvalue weighted by Gasteiger charge is 2.31. The van der Waals surface area contributed by atoms with Crippen LogP contribution in [0.25, 0.3) is 17.4 Å². The minimum absolute atomic E-state index is 0.131. The Hall–Kier alpha value is -4.01. The van der Waals surface area contributed by atoms with Crippen molar-refractivity contribution in [3.8, 4) is 17.1 Å². The Morgan fingerprint density at radius 3 is 2.23 bits per heavy atom. The molecule has 3 rings (SSSR count). The van der Waals surface area contributed by atoms with Gasteiger partial charge in [0.15, 0.2) is 0 Å². The number of carbonyl (C=O) groups excluding carboxylic acids is 1. The van der Waals surface area contributed by atoms with Crippen molar-refractivity contribution in [3.63, 3.8) is 0 Å². The third-order valence-electron chi connectivity index (χ3n) is 3.80. The maximum Gasteiger partial charge on any atom is 0.573 e. The van der Waals surface area contributed by atoms with E-state index in [0.717, 1.165) is 18.2 Å². The number of hydrogen-bond donors (Lipinski definition) is 2. The van der Waals surface area contributed by atoms with E-state index in [0.29, 0.717) is 11.3 Å². The predicted octanol–water partition coefficient (Wildman–Crippen LogP) is 4.70. The summed E-state index contributed by atoms with van der Waals surface area (Å²) in [4.78, 5) is 23.6. The lowest BCUT2D eigenvalue weighted by Gasteiger charge is -2.08. The van der Waals surface area contributed by atoms with Crippen molar-refractivity contribution in [2.75, 3.05) is 0 Å². The SMILES string of the molecule is O=C(O)/C(=C\c1ccc(-c2ccc(OC(F)(F)F)cc2)o1)NC(=O)c1ccccc1. The fraction of sp³-hybridized carbons (Fsp3) is 0.0476. The van der Waals surface area contributed by atoms with Crippen LogP contribution in [0.1, 0.15) is 16.1 Å². The molecule has 2 N–H and O–H groups in total. The lowest BCUT2D eigenvalue weighted by Crippen LogP contribution is -2.27. The van der Waals surface area contributed by atoms with E-state index < -0.39 is 23.9 Å². The van der Waals surface area contributed by atoms with Gasteiger partial charge in [-0.1, -0.05) is 18.2 Å². The smallest absolute Gasteiger partial charge is 0.477 e. The second kappa shape index (κ2) is 8.56. The van der Waals surface area contributed by atoms with E-state index in [1.165, 1.54) is 36.4 Å². The summed E-state index contributed by atoms with van der Waals surface area (Å²) in [5.41, 5.74) is 0.332. The number of hydrogen-bond acceptors (Lipinski definition) is 4. The fourth-order valence-corrected chi connectivity index (χ4v) is 2.48. The standard InChI is InChI=1S/C21H14F3NO5/c22-21(23,24)30-15-8-6-13(7-9-15)18-11-10-16(29-18)12-17(20(27)28)25-19(26)14-4-2-1-3-5-14/h1-12H,(H,25,26)(H,27,28)/b17-12+. The van der Waals surface area contributed by atoms with Gasteiger partial charge in [-0.3, -0.25) is 4.79 Å². The number of halogens is 3. The summed E-state index contributed by atoms with van der Waals surface area (Å²) in [6, 6.07) is 16.0. The number of furan rings is 1. The number of aliphatic carboxylic acids is 1. The Morgan fingerprint density at radius 2 is 1.63 bits per heavy atom. The first-order chi connectivity index (χ1) is 14.2. The van der Waals surface area contributed by atoms with Gasteiger partial charge in [-0.05, 0) is 48.5 Å². The van der Waals surface area contributed by atoms with Crippen LogP contribution in [0.4, 0.5) is 13.2 Å². The molecule has 0 aliphatic rings. The number of nitrogens with one attached hydrogen (secondary N) is 1. The van der Waals surface area contributed by atoms with E-state index >= 15 is 0 Å². The molecule has 0 aliphatic heterocycles. The van der Waals surface area contributed by atoms with Gasteiger partial charge in [0, 0.05) is 17.2 Å². The first-order valence-electron chi connectivity index (χ1n) is 8.49. The summed E-state index contributed by atoms with van der Waals surface area (Å²) >= 11 is 0. The number of benzene rings is 2. The lowest BCUT2D eigenvalue weighted by atomic mass is 10.2. The molecule has 0 radical (unpaired) electrons. The fourth-order valence-electron chi connectivity index (χ4n) is 2.48. The summed E-state index contributed by atoms with van der Waals surface area (Å²) < 4.78 is 46.0. The normalized spacial score (nSPS) is 11.8. The lowest BCUT2D eigenvalue weighted by molar-refractivity contribution is -0.274. The van der Waals surface area contributed by atoms with E-state index in [4.69, 9.17) is 4.42 Å². The Balaban J connectivity index is 1.77. The van der Waals surface area contributed by atoms with Crippen molar-refractivity contribution in [3.05, 3.63) is 83.8 Å². The van der Waals surface area contributed by atoms with Crippen LogP contribution in [0.15, 0.2) is 76.8 Å². The van der Waals surface area contributed by atoms with Gasteiger partial charge < -0.3 is 19.6 Å². The maximum atomic E-state index is 12.2. The Kier molecular flexibility index (Phi) is 5.91. The highest BCUT2D eigenvalue weighted by Crippen LogP contribution is 2.28. The third-order valence-corrected chi connectivity index (χ3v) is 3.80. The van der Waals surface area contributed by atoms with Gasteiger partial charge in [-0.25, -0.2) is 4.79 Å². The zero-order valence-corrected chi connectivity index (χ0v) is 15.1. The molecule has 0 fully saturated rings. The average Bonchev–Trinajstić information content (AvgIpc) is 3.16. The number of alkyl halides is 3. The van der Waals surface area contributed by atoms with Gasteiger partial charge in [-0.15, -0.1) is 13.2 Å². The van der Waals surface area contributed by atoms with Crippen LogP contribution in [0.3, 0.4) is 0 Å². The molecule has 0 spiro atoms. The summed E-state index contributed by atoms with van der Waals surface area (Å²) in [7, 11) is 0. The first kappa shape index (κ1) is 20.7. The second-order valence-corrected chi connectivity index (χ2v) is 5.96. The molecule has 154 valence electrons. The van der Waals surface area contributed by atoms with Gasteiger partial charge in [0.25, 0.3) is 5.91 Å². The largest absolute Gasteiger partial charge is 0.573 e. The average molecular weight is 417 g/mol. The monoisotopic (exact) mass is 417 g/mol. The van der Waals surface area contributed by atoms with Crippen LogP contribution >= 0.6 is 0 Å². The zero-order chi connectivity index (χ0) is 21.7. The Labute approximate surface area is 168 Å². The van der Waals surface area contributed by atoms with Crippen molar-refractivity contribution in [2.24, 2.45) is 0 Å². The number of amides is 1. The molecular formula is C21H14F3NO5.